The van der Waals surface area contributed by atoms with E-state index in [1.165, 1.54) is 0 Å². The van der Waals surface area contributed by atoms with E-state index in [0.717, 1.165) is 32.8 Å². The fourth-order valence-electron chi connectivity index (χ4n) is 4.01. The highest BCUT2D eigenvalue weighted by Gasteiger charge is 2.37. The van der Waals surface area contributed by atoms with Crippen LogP contribution in [0.15, 0.2) is 109 Å². The third-order valence-electron chi connectivity index (χ3n) is 5.58. The number of ether oxygens (including phenoxy) is 2. The first-order chi connectivity index (χ1) is 15.7. The Morgan fingerprint density at radius 2 is 1.16 bits per heavy atom. The summed E-state index contributed by atoms with van der Waals surface area (Å²) in [5, 5.41) is 0.774. The molecule has 0 bridgehead atoms. The van der Waals surface area contributed by atoms with Crippen molar-refractivity contribution in [3.05, 3.63) is 142 Å². The molecule has 2 nitrogen and oxygen atoms in total. The molecule has 0 aliphatic rings. The molecule has 0 saturated carbocycles. The van der Waals surface area contributed by atoms with Gasteiger partial charge in [0.05, 0.1) is 19.8 Å². The minimum atomic E-state index is -0.718. The van der Waals surface area contributed by atoms with Crippen LogP contribution in [0.5, 0.6) is 0 Å². The second-order valence-corrected chi connectivity index (χ2v) is 8.17. The van der Waals surface area contributed by atoms with Crippen LogP contribution in [0.25, 0.3) is 0 Å². The van der Waals surface area contributed by atoms with Crippen molar-refractivity contribution in [2.45, 2.75) is 19.1 Å². The van der Waals surface area contributed by atoms with E-state index in [4.69, 9.17) is 21.1 Å². The lowest BCUT2D eigenvalue weighted by atomic mass is 9.80. The Hall–Kier alpha value is -2.91. The molecule has 0 amide bonds. The van der Waals surface area contributed by atoms with Crippen molar-refractivity contribution in [3.8, 4) is 0 Å². The number of aryl methyl sites for hydroxylation is 1. The van der Waals surface area contributed by atoms with Gasteiger partial charge in [-0.3, -0.25) is 0 Å². The van der Waals surface area contributed by atoms with Gasteiger partial charge in [0, 0.05) is 5.02 Å². The lowest BCUT2D eigenvalue weighted by molar-refractivity contribution is -0.0270. The van der Waals surface area contributed by atoms with Gasteiger partial charge in [0.25, 0.3) is 0 Å². The molecule has 0 unspecified atom stereocenters. The molecule has 4 rings (SSSR count). The Labute approximate surface area is 195 Å². The van der Waals surface area contributed by atoms with Crippen LogP contribution in [0.4, 0.5) is 0 Å². The maximum atomic E-state index is 6.72. The standard InChI is InChI=1S/C29H27ClO2/c1-23-21-24(17-18-28(23)30)22-31-19-20-32-29(25-11-5-2-6-12-25,26-13-7-3-8-14-26)27-15-9-4-10-16-27/h2-18,21H,19-20,22H2,1H3. The molecule has 32 heavy (non-hydrogen) atoms. The Kier molecular flexibility index (Phi) is 7.39. The Bertz CT molecular complexity index is 1020. The molecule has 0 fully saturated rings. The number of hydrogen-bond donors (Lipinski definition) is 0. The Morgan fingerprint density at radius 3 is 1.62 bits per heavy atom. The van der Waals surface area contributed by atoms with Crippen LogP contribution in [0, 0.1) is 6.92 Å². The van der Waals surface area contributed by atoms with E-state index in [1.54, 1.807) is 0 Å². The number of rotatable bonds is 9. The molecular formula is C29H27ClO2. The summed E-state index contributed by atoms with van der Waals surface area (Å²) < 4.78 is 12.7. The normalized spacial score (nSPS) is 11.4. The average Bonchev–Trinajstić information content (AvgIpc) is 2.85. The summed E-state index contributed by atoms with van der Waals surface area (Å²) in [6.07, 6.45) is 0. The summed E-state index contributed by atoms with van der Waals surface area (Å²) in [5.41, 5.74) is 4.71. The van der Waals surface area contributed by atoms with E-state index in [-0.39, 0.29) is 0 Å². The van der Waals surface area contributed by atoms with Crippen molar-refractivity contribution in [3.63, 3.8) is 0 Å². The topological polar surface area (TPSA) is 18.5 Å². The molecule has 0 saturated heterocycles. The predicted molar refractivity (Wildman–Crippen MR) is 131 cm³/mol. The van der Waals surface area contributed by atoms with Crippen molar-refractivity contribution in [2.24, 2.45) is 0 Å². The van der Waals surface area contributed by atoms with Gasteiger partial charge in [0.15, 0.2) is 0 Å². The van der Waals surface area contributed by atoms with E-state index in [2.05, 4.69) is 78.9 Å². The van der Waals surface area contributed by atoms with Crippen LogP contribution < -0.4 is 0 Å². The molecule has 4 aromatic rings. The molecule has 0 aliphatic heterocycles. The zero-order chi connectivity index (χ0) is 22.2. The fourth-order valence-corrected chi connectivity index (χ4v) is 4.13. The molecule has 162 valence electrons. The summed E-state index contributed by atoms with van der Waals surface area (Å²) in [7, 11) is 0. The predicted octanol–water partition coefficient (Wildman–Crippen LogP) is 7.17. The Balaban J connectivity index is 1.57. The number of halogens is 1. The molecule has 3 heteroatoms. The van der Waals surface area contributed by atoms with Crippen LogP contribution >= 0.6 is 11.6 Å². The second-order valence-electron chi connectivity index (χ2n) is 7.76. The molecule has 0 heterocycles. The highest BCUT2D eigenvalue weighted by molar-refractivity contribution is 6.31. The van der Waals surface area contributed by atoms with Gasteiger partial charge in [0.1, 0.15) is 5.60 Å². The Morgan fingerprint density at radius 1 is 0.656 bits per heavy atom. The molecule has 0 aliphatic carbocycles. The van der Waals surface area contributed by atoms with E-state index < -0.39 is 5.60 Å². The summed E-state index contributed by atoms with van der Waals surface area (Å²) in [4.78, 5) is 0. The van der Waals surface area contributed by atoms with Gasteiger partial charge in [-0.1, -0.05) is 115 Å². The monoisotopic (exact) mass is 442 g/mol. The third-order valence-corrected chi connectivity index (χ3v) is 6.00. The van der Waals surface area contributed by atoms with Crippen molar-refractivity contribution >= 4 is 11.6 Å². The summed E-state index contributed by atoms with van der Waals surface area (Å²) >= 11 is 6.13. The number of benzene rings is 4. The van der Waals surface area contributed by atoms with Crippen molar-refractivity contribution in [1.29, 1.82) is 0 Å². The lowest BCUT2D eigenvalue weighted by Crippen LogP contribution is -2.34. The average molecular weight is 443 g/mol. The first-order valence-corrected chi connectivity index (χ1v) is 11.2. The van der Waals surface area contributed by atoms with E-state index >= 15 is 0 Å². The van der Waals surface area contributed by atoms with Crippen LogP contribution in [0.3, 0.4) is 0 Å². The molecule has 0 atom stereocenters. The highest BCUT2D eigenvalue weighted by Crippen LogP contribution is 2.40. The van der Waals surface area contributed by atoms with Gasteiger partial charge < -0.3 is 9.47 Å². The van der Waals surface area contributed by atoms with Gasteiger partial charge in [-0.25, -0.2) is 0 Å². The SMILES string of the molecule is Cc1cc(COCCOC(c2ccccc2)(c2ccccc2)c2ccccc2)ccc1Cl. The van der Waals surface area contributed by atoms with Crippen LogP contribution in [-0.4, -0.2) is 13.2 Å². The smallest absolute Gasteiger partial charge is 0.143 e. The van der Waals surface area contributed by atoms with Crippen molar-refractivity contribution in [1.82, 2.24) is 0 Å². The first kappa shape index (κ1) is 22.3. The van der Waals surface area contributed by atoms with Gasteiger partial charge in [0.2, 0.25) is 0 Å². The molecule has 0 N–H and O–H groups in total. The van der Waals surface area contributed by atoms with Crippen LogP contribution in [0.2, 0.25) is 5.02 Å². The first-order valence-electron chi connectivity index (χ1n) is 10.8. The fraction of sp³-hybridized carbons (Fsp3) is 0.172. The van der Waals surface area contributed by atoms with Gasteiger partial charge in [-0.15, -0.1) is 0 Å². The summed E-state index contributed by atoms with van der Waals surface area (Å²) in [6.45, 7) is 3.46. The molecular weight excluding hydrogens is 416 g/mol. The maximum absolute atomic E-state index is 6.72. The summed E-state index contributed by atoms with van der Waals surface area (Å²) in [5.74, 6) is 0. The maximum Gasteiger partial charge on any atom is 0.143 e. The lowest BCUT2D eigenvalue weighted by Gasteiger charge is -2.36. The van der Waals surface area contributed by atoms with Crippen LogP contribution in [-0.2, 0) is 21.7 Å². The molecule has 0 spiro atoms. The highest BCUT2D eigenvalue weighted by atomic mass is 35.5. The minimum absolute atomic E-state index is 0.450. The minimum Gasteiger partial charge on any atom is -0.374 e. The largest absolute Gasteiger partial charge is 0.374 e. The van der Waals surface area contributed by atoms with Crippen molar-refractivity contribution in [2.75, 3.05) is 13.2 Å². The molecule has 0 aromatic heterocycles. The zero-order valence-electron chi connectivity index (χ0n) is 18.2. The third kappa shape index (κ3) is 4.94. The van der Waals surface area contributed by atoms with E-state index in [0.29, 0.717) is 19.8 Å². The molecule has 4 aromatic carbocycles. The van der Waals surface area contributed by atoms with E-state index in [1.807, 2.05) is 37.3 Å². The quantitative estimate of drug-likeness (QED) is 0.202. The number of hydrogen-bond acceptors (Lipinski definition) is 2. The van der Waals surface area contributed by atoms with E-state index in [9.17, 15) is 0 Å². The molecule has 0 radical (unpaired) electrons. The van der Waals surface area contributed by atoms with Gasteiger partial charge >= 0.3 is 0 Å². The zero-order valence-corrected chi connectivity index (χ0v) is 19.0. The second kappa shape index (κ2) is 10.6. The van der Waals surface area contributed by atoms with Gasteiger partial charge in [-0.2, -0.15) is 0 Å². The van der Waals surface area contributed by atoms with Crippen molar-refractivity contribution < 1.29 is 9.47 Å². The van der Waals surface area contributed by atoms with Gasteiger partial charge in [-0.05, 0) is 40.8 Å². The van der Waals surface area contributed by atoms with Crippen LogP contribution in [0.1, 0.15) is 27.8 Å². The summed E-state index contributed by atoms with van der Waals surface area (Å²) in [6, 6.07) is 37.1.